The number of carbonyl (C=O) groups excluding carboxylic acids is 2. The van der Waals surface area contributed by atoms with E-state index in [-0.39, 0.29) is 10.9 Å². The molecule has 1 aromatic carbocycles. The summed E-state index contributed by atoms with van der Waals surface area (Å²) in [5, 5.41) is 2.87. The van der Waals surface area contributed by atoms with Gasteiger partial charge in [-0.25, -0.2) is 12.8 Å². The van der Waals surface area contributed by atoms with Crippen LogP contribution in [0.15, 0.2) is 29.2 Å². The smallest absolute Gasteiger partial charge is 0.321 e. The van der Waals surface area contributed by atoms with Gasteiger partial charge in [-0.1, -0.05) is 26.7 Å². The van der Waals surface area contributed by atoms with Gasteiger partial charge in [-0.2, -0.15) is 4.72 Å². The lowest BCUT2D eigenvalue weighted by atomic mass is 9.78. The number of nitrogens with one attached hydrogen (secondary N) is 2. The number of hydrogen-bond acceptors (Lipinski definition) is 5. The Labute approximate surface area is 158 Å². The summed E-state index contributed by atoms with van der Waals surface area (Å²) in [5.74, 6) is -0.981. The minimum atomic E-state index is -3.96. The fourth-order valence-corrected chi connectivity index (χ4v) is 4.05. The summed E-state index contributed by atoms with van der Waals surface area (Å²) in [6, 6.07) is 4.23. The number of sulfonamides is 1. The van der Waals surface area contributed by atoms with Crippen LogP contribution in [0.5, 0.6) is 0 Å². The van der Waals surface area contributed by atoms with Gasteiger partial charge in [0.2, 0.25) is 10.0 Å². The maximum atomic E-state index is 12.9. The standard InChI is InChI=1S/C18H25FN2O5S/c1-12-4-3-5-16(13(12)2)21-17(22)11-26-18(23)10-20-27(24,25)15-8-6-14(19)7-9-15/h6-9,12-13,16,20H,3-5,10-11H2,1-2H3,(H,21,22)/t12-,13+,16-/m0/s1. The highest BCUT2D eigenvalue weighted by atomic mass is 32.2. The molecule has 2 N–H and O–H groups in total. The molecule has 0 spiro atoms. The van der Waals surface area contributed by atoms with Crippen molar-refractivity contribution in [3.8, 4) is 0 Å². The number of esters is 1. The maximum absolute atomic E-state index is 12.9. The molecule has 1 aliphatic carbocycles. The van der Waals surface area contributed by atoms with Gasteiger partial charge in [-0.05, 0) is 42.5 Å². The van der Waals surface area contributed by atoms with Crippen LogP contribution in [0.1, 0.15) is 33.1 Å². The van der Waals surface area contributed by atoms with Gasteiger partial charge in [0.1, 0.15) is 12.4 Å². The van der Waals surface area contributed by atoms with E-state index in [1.807, 2.05) is 0 Å². The molecule has 0 aromatic heterocycles. The Morgan fingerprint density at radius 1 is 1.19 bits per heavy atom. The Hall–Kier alpha value is -2.00. The van der Waals surface area contributed by atoms with E-state index in [9.17, 15) is 22.4 Å². The largest absolute Gasteiger partial charge is 0.455 e. The van der Waals surface area contributed by atoms with Crippen LogP contribution < -0.4 is 10.0 Å². The van der Waals surface area contributed by atoms with Gasteiger partial charge in [-0.15, -0.1) is 0 Å². The van der Waals surface area contributed by atoms with Gasteiger partial charge < -0.3 is 10.1 Å². The van der Waals surface area contributed by atoms with Crippen molar-refractivity contribution in [3.63, 3.8) is 0 Å². The van der Waals surface area contributed by atoms with Crippen molar-refractivity contribution in [2.24, 2.45) is 11.8 Å². The van der Waals surface area contributed by atoms with Crippen LogP contribution in [0, 0.1) is 17.7 Å². The predicted molar refractivity (Wildman–Crippen MR) is 96.7 cm³/mol. The Bertz CT molecular complexity index is 766. The molecule has 27 heavy (non-hydrogen) atoms. The average Bonchev–Trinajstić information content (AvgIpc) is 2.62. The quantitative estimate of drug-likeness (QED) is 0.677. The van der Waals surface area contributed by atoms with Crippen molar-refractivity contribution in [1.29, 1.82) is 0 Å². The number of benzene rings is 1. The Morgan fingerprint density at radius 3 is 2.52 bits per heavy atom. The molecule has 0 saturated heterocycles. The zero-order chi connectivity index (χ0) is 20.0. The minimum absolute atomic E-state index is 0.0527. The second kappa shape index (κ2) is 9.27. The number of carbonyl (C=O) groups is 2. The molecule has 0 aliphatic heterocycles. The molecule has 9 heteroatoms. The molecule has 0 radical (unpaired) electrons. The van der Waals surface area contributed by atoms with Crippen molar-refractivity contribution in [2.45, 2.75) is 44.0 Å². The van der Waals surface area contributed by atoms with Crippen molar-refractivity contribution in [1.82, 2.24) is 10.0 Å². The monoisotopic (exact) mass is 400 g/mol. The van der Waals surface area contributed by atoms with E-state index in [0.29, 0.717) is 11.8 Å². The topological polar surface area (TPSA) is 102 Å². The van der Waals surface area contributed by atoms with Gasteiger partial charge in [0.15, 0.2) is 6.61 Å². The van der Waals surface area contributed by atoms with E-state index in [2.05, 4.69) is 23.9 Å². The minimum Gasteiger partial charge on any atom is -0.455 e. The van der Waals surface area contributed by atoms with Crippen LogP contribution in [0.2, 0.25) is 0 Å². The molecule has 1 saturated carbocycles. The van der Waals surface area contributed by atoms with Gasteiger partial charge >= 0.3 is 5.97 Å². The van der Waals surface area contributed by atoms with Crippen LogP contribution in [-0.4, -0.2) is 39.5 Å². The molecule has 0 bridgehead atoms. The van der Waals surface area contributed by atoms with Crippen molar-refractivity contribution in [3.05, 3.63) is 30.1 Å². The molecule has 1 aromatic rings. The molecule has 3 atom stereocenters. The summed E-state index contributed by atoms with van der Waals surface area (Å²) in [6.45, 7) is 3.15. The van der Waals surface area contributed by atoms with Crippen LogP contribution in [0.25, 0.3) is 0 Å². The van der Waals surface area contributed by atoms with Crippen molar-refractivity contribution in [2.75, 3.05) is 13.2 Å². The van der Waals surface area contributed by atoms with Gasteiger partial charge in [0, 0.05) is 6.04 Å². The second-order valence-electron chi connectivity index (χ2n) is 6.88. The molecule has 2 rings (SSSR count). The third-order valence-electron chi connectivity index (χ3n) is 4.95. The Morgan fingerprint density at radius 2 is 1.85 bits per heavy atom. The molecule has 1 amide bonds. The molecule has 0 heterocycles. The maximum Gasteiger partial charge on any atom is 0.321 e. The molecular weight excluding hydrogens is 375 g/mol. The van der Waals surface area contributed by atoms with E-state index in [4.69, 9.17) is 4.74 Å². The number of halogens is 1. The summed E-state index contributed by atoms with van der Waals surface area (Å²) >= 11 is 0. The molecule has 7 nitrogen and oxygen atoms in total. The number of ether oxygens (including phenoxy) is 1. The fourth-order valence-electron chi connectivity index (χ4n) is 3.08. The van der Waals surface area contributed by atoms with Crippen molar-refractivity contribution >= 4 is 21.9 Å². The van der Waals surface area contributed by atoms with Gasteiger partial charge in [0.25, 0.3) is 5.91 Å². The number of amides is 1. The predicted octanol–water partition coefficient (Wildman–Crippen LogP) is 1.59. The zero-order valence-electron chi connectivity index (χ0n) is 15.4. The van der Waals surface area contributed by atoms with E-state index < -0.39 is 40.9 Å². The SMILES string of the molecule is C[C@H]1[C@@H](NC(=O)COC(=O)CNS(=O)(=O)c2ccc(F)cc2)CCC[C@@H]1C. The first-order chi connectivity index (χ1) is 12.7. The highest BCUT2D eigenvalue weighted by molar-refractivity contribution is 7.89. The number of hydrogen-bond donors (Lipinski definition) is 2. The fraction of sp³-hybridized carbons (Fsp3) is 0.556. The summed E-state index contributed by atoms with van der Waals surface area (Å²) in [6.07, 6.45) is 3.07. The summed E-state index contributed by atoms with van der Waals surface area (Å²) in [5.41, 5.74) is 0. The van der Waals surface area contributed by atoms with Gasteiger partial charge in [-0.3, -0.25) is 9.59 Å². The molecule has 0 unspecified atom stereocenters. The second-order valence-corrected chi connectivity index (χ2v) is 8.65. The van der Waals surface area contributed by atoms with Crippen LogP contribution in [-0.2, 0) is 24.3 Å². The first kappa shape index (κ1) is 21.3. The van der Waals surface area contributed by atoms with E-state index >= 15 is 0 Å². The first-order valence-electron chi connectivity index (χ1n) is 8.89. The third-order valence-corrected chi connectivity index (χ3v) is 6.37. The van der Waals surface area contributed by atoms with Crippen LogP contribution in [0.3, 0.4) is 0 Å². The Kier molecular flexibility index (Phi) is 7.32. The molecule has 150 valence electrons. The van der Waals surface area contributed by atoms with Crippen LogP contribution in [0.4, 0.5) is 4.39 Å². The highest BCUT2D eigenvalue weighted by Crippen LogP contribution is 2.29. The molecular formula is C18H25FN2O5S. The molecule has 1 aliphatic rings. The first-order valence-corrected chi connectivity index (χ1v) is 10.4. The molecule has 1 fully saturated rings. The third kappa shape index (κ3) is 6.28. The summed E-state index contributed by atoms with van der Waals surface area (Å²) < 4.78 is 43.7. The average molecular weight is 400 g/mol. The summed E-state index contributed by atoms with van der Waals surface area (Å²) in [7, 11) is -3.96. The Balaban J connectivity index is 1.75. The highest BCUT2D eigenvalue weighted by Gasteiger charge is 2.28. The lowest BCUT2D eigenvalue weighted by Gasteiger charge is -2.34. The lowest BCUT2D eigenvalue weighted by molar-refractivity contribution is -0.147. The number of rotatable bonds is 7. The summed E-state index contributed by atoms with van der Waals surface area (Å²) in [4.78, 5) is 23.5. The van der Waals surface area contributed by atoms with Crippen molar-refractivity contribution < 1.29 is 27.1 Å². The van der Waals surface area contributed by atoms with Gasteiger partial charge in [0.05, 0.1) is 4.90 Å². The normalized spacial score (nSPS) is 22.9. The lowest BCUT2D eigenvalue weighted by Crippen LogP contribution is -2.45. The van der Waals surface area contributed by atoms with E-state index in [1.54, 1.807) is 0 Å². The van der Waals surface area contributed by atoms with Crippen LogP contribution >= 0.6 is 0 Å². The zero-order valence-corrected chi connectivity index (χ0v) is 16.2. The van der Waals surface area contributed by atoms with E-state index in [0.717, 1.165) is 43.5 Å². The van der Waals surface area contributed by atoms with E-state index in [1.165, 1.54) is 0 Å².